The maximum absolute atomic E-state index is 13.2. The largest absolute Gasteiger partial charge is 0.488 e. The Hall–Kier alpha value is -1.13. The van der Waals surface area contributed by atoms with Crippen LogP contribution in [-0.4, -0.2) is 43.7 Å². The first-order valence-corrected chi connectivity index (χ1v) is 8.09. The number of halogens is 1. The van der Waals surface area contributed by atoms with Gasteiger partial charge in [-0.3, -0.25) is 0 Å². The van der Waals surface area contributed by atoms with Crippen LogP contribution in [0.15, 0.2) is 18.2 Å². The predicted molar refractivity (Wildman–Crippen MR) is 82.2 cm³/mol. The van der Waals surface area contributed by atoms with Crippen molar-refractivity contribution in [2.45, 2.75) is 32.3 Å². The summed E-state index contributed by atoms with van der Waals surface area (Å²) in [7, 11) is 0. The molecule has 2 atom stereocenters. The molecule has 21 heavy (non-hydrogen) atoms. The van der Waals surface area contributed by atoms with Crippen molar-refractivity contribution in [2.75, 3.05) is 32.7 Å². The average Bonchev–Trinajstić information content (AvgIpc) is 3.07. The number of hydrogen-bond acceptors (Lipinski definition) is 3. The molecule has 2 unspecified atom stereocenters. The van der Waals surface area contributed by atoms with Crippen molar-refractivity contribution >= 4 is 0 Å². The standard InChI is InChI=1S/C17H25FN2O/c1-13(12-20-6-2-3-7-20)10-19-11-16-9-14-8-15(18)4-5-17(14)21-16/h4-5,8,13,16,19H,2-3,6-7,9-12H2,1H3. The summed E-state index contributed by atoms with van der Waals surface area (Å²) in [5, 5.41) is 3.51. The number of rotatable bonds is 6. The molecule has 0 amide bonds. The topological polar surface area (TPSA) is 24.5 Å². The van der Waals surface area contributed by atoms with Gasteiger partial charge in [0.2, 0.25) is 0 Å². The Morgan fingerprint density at radius 3 is 3.00 bits per heavy atom. The Balaban J connectivity index is 1.37. The molecular weight excluding hydrogens is 267 g/mol. The Morgan fingerprint density at radius 1 is 1.38 bits per heavy atom. The second-order valence-electron chi connectivity index (χ2n) is 6.47. The lowest BCUT2D eigenvalue weighted by atomic mass is 10.1. The van der Waals surface area contributed by atoms with Gasteiger partial charge in [-0.25, -0.2) is 4.39 Å². The van der Waals surface area contributed by atoms with Crippen molar-refractivity contribution in [1.82, 2.24) is 10.2 Å². The molecular formula is C17H25FN2O. The highest BCUT2D eigenvalue weighted by molar-refractivity contribution is 5.37. The molecule has 0 aliphatic carbocycles. The molecule has 0 bridgehead atoms. The van der Waals surface area contributed by atoms with Crippen LogP contribution >= 0.6 is 0 Å². The summed E-state index contributed by atoms with van der Waals surface area (Å²) in [5.74, 6) is 1.32. The lowest BCUT2D eigenvalue weighted by Gasteiger charge is -2.21. The molecule has 1 aromatic rings. The fraction of sp³-hybridized carbons (Fsp3) is 0.647. The summed E-state index contributed by atoms with van der Waals surface area (Å²) in [5.41, 5.74) is 0.993. The molecule has 0 spiro atoms. The van der Waals surface area contributed by atoms with Gasteiger partial charge in [-0.15, -0.1) is 0 Å². The van der Waals surface area contributed by atoms with Crippen LogP contribution in [0.25, 0.3) is 0 Å². The molecule has 0 radical (unpaired) electrons. The molecule has 2 heterocycles. The fourth-order valence-electron chi connectivity index (χ4n) is 3.36. The van der Waals surface area contributed by atoms with E-state index >= 15 is 0 Å². The molecule has 1 fully saturated rings. The summed E-state index contributed by atoms with van der Waals surface area (Å²) < 4.78 is 19.0. The molecule has 1 N–H and O–H groups in total. The summed E-state index contributed by atoms with van der Waals surface area (Å²) in [6.07, 6.45) is 3.65. The normalized spacial score (nSPS) is 23.0. The van der Waals surface area contributed by atoms with E-state index in [4.69, 9.17) is 4.74 Å². The van der Waals surface area contributed by atoms with Gasteiger partial charge in [0.1, 0.15) is 17.7 Å². The third kappa shape index (κ3) is 3.95. The minimum Gasteiger partial charge on any atom is -0.488 e. The van der Waals surface area contributed by atoms with Gasteiger partial charge in [0.25, 0.3) is 0 Å². The molecule has 3 rings (SSSR count). The molecule has 116 valence electrons. The van der Waals surface area contributed by atoms with E-state index in [9.17, 15) is 4.39 Å². The first-order valence-electron chi connectivity index (χ1n) is 8.09. The number of benzene rings is 1. The highest BCUT2D eigenvalue weighted by atomic mass is 19.1. The summed E-state index contributed by atoms with van der Waals surface area (Å²) in [4.78, 5) is 2.55. The Labute approximate surface area is 126 Å². The Bertz CT molecular complexity index is 474. The predicted octanol–water partition coefficient (Wildman–Crippen LogP) is 2.45. The van der Waals surface area contributed by atoms with Crippen molar-refractivity contribution in [2.24, 2.45) is 5.92 Å². The zero-order valence-electron chi connectivity index (χ0n) is 12.8. The first kappa shape index (κ1) is 14.8. The van der Waals surface area contributed by atoms with Crippen molar-refractivity contribution in [1.29, 1.82) is 0 Å². The van der Waals surface area contributed by atoms with Gasteiger partial charge >= 0.3 is 0 Å². The van der Waals surface area contributed by atoms with Crippen molar-refractivity contribution in [3.63, 3.8) is 0 Å². The number of hydrogen-bond donors (Lipinski definition) is 1. The third-order valence-electron chi connectivity index (χ3n) is 4.40. The van der Waals surface area contributed by atoms with Crippen LogP contribution in [0.4, 0.5) is 4.39 Å². The summed E-state index contributed by atoms with van der Waals surface area (Å²) in [6.45, 7) is 7.85. The zero-order chi connectivity index (χ0) is 14.7. The third-order valence-corrected chi connectivity index (χ3v) is 4.40. The molecule has 4 heteroatoms. The van der Waals surface area contributed by atoms with Gasteiger partial charge < -0.3 is 15.0 Å². The second-order valence-corrected chi connectivity index (χ2v) is 6.47. The summed E-state index contributed by atoms with van der Waals surface area (Å²) >= 11 is 0. The smallest absolute Gasteiger partial charge is 0.123 e. The molecule has 0 aromatic heterocycles. The monoisotopic (exact) mass is 292 g/mol. The Kier molecular flexibility index (Phi) is 4.76. The van der Waals surface area contributed by atoms with Gasteiger partial charge in [-0.05, 0) is 56.6 Å². The molecule has 2 aliphatic rings. The SMILES string of the molecule is CC(CNCC1Cc2cc(F)ccc2O1)CN1CCCC1. The highest BCUT2D eigenvalue weighted by Gasteiger charge is 2.23. The number of nitrogens with zero attached hydrogens (tertiary/aromatic N) is 1. The maximum atomic E-state index is 13.2. The minimum atomic E-state index is -0.176. The molecule has 1 saturated heterocycles. The molecule has 1 aromatic carbocycles. The maximum Gasteiger partial charge on any atom is 0.123 e. The van der Waals surface area contributed by atoms with Crippen LogP contribution in [0.3, 0.4) is 0 Å². The number of ether oxygens (including phenoxy) is 1. The Morgan fingerprint density at radius 2 is 2.19 bits per heavy atom. The van der Waals surface area contributed by atoms with E-state index in [1.165, 1.54) is 38.5 Å². The first-order chi connectivity index (χ1) is 10.2. The number of nitrogens with one attached hydrogen (secondary N) is 1. The quantitative estimate of drug-likeness (QED) is 0.871. The van der Waals surface area contributed by atoms with Crippen LogP contribution in [0.2, 0.25) is 0 Å². The van der Waals surface area contributed by atoms with Crippen LogP contribution in [0.1, 0.15) is 25.3 Å². The molecule has 2 aliphatic heterocycles. The van der Waals surface area contributed by atoms with Crippen molar-refractivity contribution in [3.8, 4) is 5.75 Å². The minimum absolute atomic E-state index is 0.140. The van der Waals surface area contributed by atoms with E-state index in [0.717, 1.165) is 30.8 Å². The average molecular weight is 292 g/mol. The van der Waals surface area contributed by atoms with Gasteiger partial charge in [-0.1, -0.05) is 6.92 Å². The lowest BCUT2D eigenvalue weighted by Crippen LogP contribution is -2.36. The zero-order valence-corrected chi connectivity index (χ0v) is 12.8. The van der Waals surface area contributed by atoms with E-state index in [-0.39, 0.29) is 11.9 Å². The van der Waals surface area contributed by atoms with E-state index in [0.29, 0.717) is 5.92 Å². The molecule has 0 saturated carbocycles. The van der Waals surface area contributed by atoms with Crippen LogP contribution in [0.5, 0.6) is 5.75 Å². The van der Waals surface area contributed by atoms with E-state index in [1.807, 2.05) is 0 Å². The summed E-state index contributed by atoms with van der Waals surface area (Å²) in [6, 6.07) is 4.79. The van der Waals surface area contributed by atoms with E-state index in [1.54, 1.807) is 12.1 Å². The van der Waals surface area contributed by atoms with Crippen LogP contribution in [-0.2, 0) is 6.42 Å². The van der Waals surface area contributed by atoms with Gasteiger partial charge in [0, 0.05) is 25.1 Å². The fourth-order valence-corrected chi connectivity index (χ4v) is 3.36. The van der Waals surface area contributed by atoms with Gasteiger partial charge in [-0.2, -0.15) is 0 Å². The van der Waals surface area contributed by atoms with Gasteiger partial charge in [0.15, 0.2) is 0 Å². The van der Waals surface area contributed by atoms with Crippen LogP contribution < -0.4 is 10.1 Å². The second kappa shape index (κ2) is 6.75. The lowest BCUT2D eigenvalue weighted by molar-refractivity contribution is 0.220. The van der Waals surface area contributed by atoms with E-state index in [2.05, 4.69) is 17.1 Å². The van der Waals surface area contributed by atoms with Crippen molar-refractivity contribution in [3.05, 3.63) is 29.6 Å². The number of likely N-dealkylation sites (tertiary alicyclic amines) is 1. The van der Waals surface area contributed by atoms with Crippen molar-refractivity contribution < 1.29 is 9.13 Å². The molecule has 3 nitrogen and oxygen atoms in total. The van der Waals surface area contributed by atoms with E-state index < -0.39 is 0 Å². The highest BCUT2D eigenvalue weighted by Crippen LogP contribution is 2.28. The van der Waals surface area contributed by atoms with Gasteiger partial charge in [0.05, 0.1) is 0 Å². The number of fused-ring (bicyclic) bond motifs is 1. The van der Waals surface area contributed by atoms with Crippen LogP contribution in [0, 0.1) is 11.7 Å².